The number of benzene rings is 1. The van der Waals surface area contributed by atoms with Gasteiger partial charge in [-0.1, -0.05) is 18.2 Å². The van der Waals surface area contributed by atoms with Crippen molar-refractivity contribution in [3.8, 4) is 0 Å². The van der Waals surface area contributed by atoms with E-state index in [4.69, 9.17) is 5.73 Å². The number of nitrogens with zero attached hydrogens (tertiary/aromatic N) is 3. The second-order valence-electron chi connectivity index (χ2n) is 5.04. The van der Waals surface area contributed by atoms with Crippen molar-refractivity contribution in [1.82, 2.24) is 9.78 Å². The molecule has 1 aromatic heterocycles. The molecule has 1 amide bonds. The number of amides is 1. The first-order chi connectivity index (χ1) is 9.79. The summed E-state index contributed by atoms with van der Waals surface area (Å²) in [4.78, 5) is 14.3. The van der Waals surface area contributed by atoms with Crippen LogP contribution in [-0.4, -0.2) is 28.8 Å². The normalized spacial score (nSPS) is 17.2. The van der Waals surface area contributed by atoms with Crippen LogP contribution in [0.15, 0.2) is 42.7 Å². The largest absolute Gasteiger partial charge is 0.330 e. The molecular weight excluding hydrogens is 252 g/mol. The van der Waals surface area contributed by atoms with Crippen LogP contribution in [0.1, 0.15) is 17.9 Å². The van der Waals surface area contributed by atoms with Crippen molar-refractivity contribution in [1.29, 1.82) is 0 Å². The third-order valence-corrected chi connectivity index (χ3v) is 3.74. The molecule has 1 unspecified atom stereocenters. The Kier molecular flexibility index (Phi) is 3.52. The predicted molar refractivity (Wildman–Crippen MR) is 77.4 cm³/mol. The third kappa shape index (κ3) is 2.32. The second-order valence-corrected chi connectivity index (χ2v) is 5.04. The average molecular weight is 270 g/mol. The van der Waals surface area contributed by atoms with E-state index in [9.17, 15) is 4.79 Å². The molecule has 5 heteroatoms. The number of aromatic nitrogens is 2. The number of hydrogen-bond acceptors (Lipinski definition) is 3. The van der Waals surface area contributed by atoms with Crippen molar-refractivity contribution in [3.05, 3.63) is 48.3 Å². The van der Waals surface area contributed by atoms with Gasteiger partial charge in [-0.3, -0.25) is 9.48 Å². The molecular formula is C15H18N4O. The molecule has 1 aromatic carbocycles. The van der Waals surface area contributed by atoms with Gasteiger partial charge in [0.1, 0.15) is 6.54 Å². The molecule has 2 aromatic rings. The van der Waals surface area contributed by atoms with Crippen LogP contribution in [0.5, 0.6) is 0 Å². The van der Waals surface area contributed by atoms with Crippen LogP contribution >= 0.6 is 0 Å². The SMILES string of the molecule is NCCC1CN(C(=O)Cn2cccn2)c2ccccc21. The topological polar surface area (TPSA) is 64.2 Å². The predicted octanol–water partition coefficient (Wildman–Crippen LogP) is 1.36. The molecule has 1 atom stereocenters. The Bertz CT molecular complexity index is 594. The second kappa shape index (κ2) is 5.46. The molecule has 3 rings (SSSR count). The van der Waals surface area contributed by atoms with Crippen molar-refractivity contribution in [3.63, 3.8) is 0 Å². The van der Waals surface area contributed by atoms with E-state index in [0.717, 1.165) is 18.7 Å². The van der Waals surface area contributed by atoms with Crippen molar-refractivity contribution in [2.24, 2.45) is 5.73 Å². The van der Waals surface area contributed by atoms with Gasteiger partial charge < -0.3 is 10.6 Å². The highest BCUT2D eigenvalue weighted by atomic mass is 16.2. The summed E-state index contributed by atoms with van der Waals surface area (Å²) in [5.41, 5.74) is 7.92. The number of fused-ring (bicyclic) bond motifs is 1. The summed E-state index contributed by atoms with van der Waals surface area (Å²) in [6, 6.07) is 9.91. The zero-order valence-corrected chi connectivity index (χ0v) is 11.3. The molecule has 104 valence electrons. The molecule has 0 spiro atoms. The molecule has 0 saturated heterocycles. The lowest BCUT2D eigenvalue weighted by Crippen LogP contribution is -2.33. The Morgan fingerprint density at radius 1 is 1.35 bits per heavy atom. The van der Waals surface area contributed by atoms with Crippen molar-refractivity contribution in [2.45, 2.75) is 18.9 Å². The lowest BCUT2D eigenvalue weighted by Gasteiger charge is -2.17. The smallest absolute Gasteiger partial charge is 0.248 e. The summed E-state index contributed by atoms with van der Waals surface area (Å²) in [7, 11) is 0. The maximum Gasteiger partial charge on any atom is 0.248 e. The molecule has 20 heavy (non-hydrogen) atoms. The van der Waals surface area contributed by atoms with Gasteiger partial charge in [0.05, 0.1) is 0 Å². The summed E-state index contributed by atoms with van der Waals surface area (Å²) < 4.78 is 1.65. The number of para-hydroxylation sites is 1. The van der Waals surface area contributed by atoms with Gasteiger partial charge in [0, 0.05) is 30.5 Å². The van der Waals surface area contributed by atoms with Gasteiger partial charge in [0.15, 0.2) is 0 Å². The monoisotopic (exact) mass is 270 g/mol. The molecule has 1 aliphatic rings. The first-order valence-electron chi connectivity index (χ1n) is 6.86. The third-order valence-electron chi connectivity index (χ3n) is 3.74. The first kappa shape index (κ1) is 12.9. The zero-order chi connectivity index (χ0) is 13.9. The molecule has 0 radical (unpaired) electrons. The van der Waals surface area contributed by atoms with Gasteiger partial charge in [-0.15, -0.1) is 0 Å². The van der Waals surface area contributed by atoms with Gasteiger partial charge in [0.25, 0.3) is 0 Å². The van der Waals surface area contributed by atoms with E-state index in [0.29, 0.717) is 12.5 Å². The Labute approximate surface area is 118 Å². The summed E-state index contributed by atoms with van der Waals surface area (Å²) in [5, 5.41) is 4.09. The van der Waals surface area contributed by atoms with Gasteiger partial charge in [-0.05, 0) is 30.7 Å². The van der Waals surface area contributed by atoms with Crippen molar-refractivity contribution in [2.75, 3.05) is 18.0 Å². The van der Waals surface area contributed by atoms with E-state index < -0.39 is 0 Å². The number of nitrogens with two attached hydrogens (primary N) is 1. The standard InChI is InChI=1S/C15H18N4O/c16-7-6-12-10-19(14-5-2-1-4-13(12)14)15(20)11-18-9-3-8-17-18/h1-5,8-9,12H,6-7,10-11,16H2. The quantitative estimate of drug-likeness (QED) is 0.912. The van der Waals surface area contributed by atoms with Crippen LogP contribution in [0.3, 0.4) is 0 Å². The highest BCUT2D eigenvalue weighted by molar-refractivity contribution is 5.95. The fourth-order valence-corrected chi connectivity index (χ4v) is 2.80. The number of carbonyl (C=O) groups excluding carboxylic acids is 1. The van der Waals surface area contributed by atoms with Gasteiger partial charge in [-0.25, -0.2) is 0 Å². The molecule has 0 saturated carbocycles. The molecule has 1 aliphatic heterocycles. The fourth-order valence-electron chi connectivity index (χ4n) is 2.80. The summed E-state index contributed by atoms with van der Waals surface area (Å²) in [6.45, 7) is 1.63. The first-order valence-corrected chi connectivity index (χ1v) is 6.86. The molecule has 0 aliphatic carbocycles. The molecule has 5 nitrogen and oxygen atoms in total. The number of hydrogen-bond donors (Lipinski definition) is 1. The minimum atomic E-state index is 0.0701. The van der Waals surface area contributed by atoms with Crippen LogP contribution < -0.4 is 10.6 Å². The van der Waals surface area contributed by atoms with E-state index in [1.807, 2.05) is 29.2 Å². The minimum Gasteiger partial charge on any atom is -0.330 e. The van der Waals surface area contributed by atoms with Crippen molar-refractivity contribution < 1.29 is 4.79 Å². The average Bonchev–Trinajstić information content (AvgIpc) is 3.08. The Morgan fingerprint density at radius 3 is 2.95 bits per heavy atom. The summed E-state index contributed by atoms with van der Waals surface area (Å²) >= 11 is 0. The van der Waals surface area contributed by atoms with Gasteiger partial charge >= 0.3 is 0 Å². The molecule has 0 fully saturated rings. The fraction of sp³-hybridized carbons (Fsp3) is 0.333. The number of anilines is 1. The molecule has 2 N–H and O–H groups in total. The highest BCUT2D eigenvalue weighted by Crippen LogP contribution is 2.37. The number of carbonyl (C=O) groups is 1. The minimum absolute atomic E-state index is 0.0701. The molecule has 0 bridgehead atoms. The Balaban J connectivity index is 1.82. The number of rotatable bonds is 4. The lowest BCUT2D eigenvalue weighted by molar-refractivity contribution is -0.119. The summed E-state index contributed by atoms with van der Waals surface area (Å²) in [6.07, 6.45) is 4.39. The highest BCUT2D eigenvalue weighted by Gasteiger charge is 2.31. The van der Waals surface area contributed by atoms with Crippen LogP contribution in [0.25, 0.3) is 0 Å². The van der Waals surface area contributed by atoms with Gasteiger partial charge in [-0.2, -0.15) is 5.10 Å². The van der Waals surface area contributed by atoms with Crippen molar-refractivity contribution >= 4 is 11.6 Å². The van der Waals surface area contributed by atoms with Crippen LogP contribution in [-0.2, 0) is 11.3 Å². The lowest BCUT2D eigenvalue weighted by atomic mass is 9.98. The Morgan fingerprint density at radius 2 is 2.20 bits per heavy atom. The van der Waals surface area contributed by atoms with E-state index in [2.05, 4.69) is 11.2 Å². The van der Waals surface area contributed by atoms with E-state index in [1.54, 1.807) is 17.1 Å². The van der Waals surface area contributed by atoms with Gasteiger partial charge in [0.2, 0.25) is 5.91 Å². The molecule has 2 heterocycles. The van der Waals surface area contributed by atoms with Crippen LogP contribution in [0.4, 0.5) is 5.69 Å². The summed E-state index contributed by atoms with van der Waals surface area (Å²) in [5.74, 6) is 0.415. The Hall–Kier alpha value is -2.14. The van der Waals surface area contributed by atoms with E-state index >= 15 is 0 Å². The van der Waals surface area contributed by atoms with Crippen LogP contribution in [0, 0.1) is 0 Å². The zero-order valence-electron chi connectivity index (χ0n) is 11.3. The maximum atomic E-state index is 12.5. The van der Waals surface area contributed by atoms with E-state index in [-0.39, 0.29) is 12.5 Å². The van der Waals surface area contributed by atoms with Crippen LogP contribution in [0.2, 0.25) is 0 Å². The van der Waals surface area contributed by atoms with E-state index in [1.165, 1.54) is 5.56 Å². The maximum absolute atomic E-state index is 12.5.